The number of nitro benzene ring substituents is 1. The number of ether oxygens (including phenoxy) is 2. The molecule has 0 amide bonds. The Bertz CT molecular complexity index is 1640. The average molecular weight is 723 g/mol. The van der Waals surface area contributed by atoms with Crippen molar-refractivity contribution in [1.82, 2.24) is 9.66 Å². The molecule has 1 atom stereocenters. The van der Waals surface area contributed by atoms with Crippen LogP contribution >= 0.6 is 47.8 Å². The first-order valence-electron chi connectivity index (χ1n) is 11.8. The first-order chi connectivity index (χ1) is 18.6. The molecule has 0 unspecified atom stereocenters. The molecule has 0 spiro atoms. The molecule has 0 N–H and O–H groups in total. The van der Waals surface area contributed by atoms with Crippen molar-refractivity contribution in [3.63, 3.8) is 0 Å². The minimum atomic E-state index is -0.450. The molecule has 0 radical (unpaired) electrons. The molecule has 1 aromatic heterocycles. The van der Waals surface area contributed by atoms with Gasteiger partial charge in [-0.15, -0.1) is 0 Å². The van der Waals surface area contributed by atoms with Crippen LogP contribution in [0.25, 0.3) is 10.9 Å². The van der Waals surface area contributed by atoms with Crippen LogP contribution in [-0.4, -0.2) is 27.9 Å². The fraction of sp³-hybridized carbons (Fsp3) is 0.222. The number of fused-ring (bicyclic) bond motifs is 1. The lowest BCUT2D eigenvalue weighted by atomic mass is 10.1. The van der Waals surface area contributed by atoms with Gasteiger partial charge in [-0.05, 0) is 80.2 Å². The van der Waals surface area contributed by atoms with Crippen LogP contribution in [0.3, 0.4) is 0 Å². The molecular weight excluding hydrogens is 700 g/mol. The second-order valence-electron chi connectivity index (χ2n) is 8.64. The highest BCUT2D eigenvalue weighted by Crippen LogP contribution is 2.42. The number of hydrogen-bond acceptors (Lipinski definition) is 7. The second-order valence-corrected chi connectivity index (χ2v) is 11.1. The smallest absolute Gasteiger partial charge is 0.282 e. The number of benzene rings is 3. The summed E-state index contributed by atoms with van der Waals surface area (Å²) in [5, 5.41) is 15.9. The largest absolute Gasteiger partial charge is 0.493 e. The lowest BCUT2D eigenvalue weighted by Gasteiger charge is -2.16. The van der Waals surface area contributed by atoms with Crippen LogP contribution in [-0.2, 0) is 6.61 Å². The molecule has 0 aliphatic carbocycles. The molecule has 0 bridgehead atoms. The Labute approximate surface area is 249 Å². The Morgan fingerprint density at radius 3 is 2.49 bits per heavy atom. The standard InChI is InChI=1S/C27H23Br3N4O5/c1-4-15(2)26-32-21-10-7-18(28)12-20(21)27(35)33(26)31-13-17-11-22(38-3)25(24(30)23(17)29)39-14-16-5-8-19(9-6-16)34(36)37/h5-13,15H,4,14H2,1-3H3/t15-/m0/s1. The first-order valence-corrected chi connectivity index (χ1v) is 14.2. The maximum Gasteiger partial charge on any atom is 0.282 e. The quantitative estimate of drug-likeness (QED) is 0.100. The molecule has 202 valence electrons. The minimum Gasteiger partial charge on any atom is -0.493 e. The molecule has 0 aliphatic heterocycles. The summed E-state index contributed by atoms with van der Waals surface area (Å²) >= 11 is 10.6. The van der Waals surface area contributed by atoms with Gasteiger partial charge in [0.2, 0.25) is 0 Å². The predicted molar refractivity (Wildman–Crippen MR) is 161 cm³/mol. The van der Waals surface area contributed by atoms with E-state index in [-0.39, 0.29) is 23.8 Å². The highest BCUT2D eigenvalue weighted by molar-refractivity contribution is 9.13. The normalized spacial score (nSPS) is 12.2. The molecule has 39 heavy (non-hydrogen) atoms. The molecule has 1 heterocycles. The molecule has 0 saturated carbocycles. The molecule has 9 nitrogen and oxygen atoms in total. The van der Waals surface area contributed by atoms with Crippen LogP contribution in [0.5, 0.6) is 11.5 Å². The maximum absolute atomic E-state index is 13.4. The lowest BCUT2D eigenvalue weighted by Crippen LogP contribution is -2.23. The van der Waals surface area contributed by atoms with Gasteiger partial charge in [-0.3, -0.25) is 14.9 Å². The van der Waals surface area contributed by atoms with Crippen molar-refractivity contribution in [3.8, 4) is 11.5 Å². The summed E-state index contributed by atoms with van der Waals surface area (Å²) in [5.74, 6) is 1.44. The fourth-order valence-corrected chi connectivity index (χ4v) is 5.05. The van der Waals surface area contributed by atoms with Crippen molar-refractivity contribution in [3.05, 3.63) is 99.4 Å². The van der Waals surface area contributed by atoms with Gasteiger partial charge in [0, 0.05) is 32.6 Å². The molecular formula is C27H23Br3N4O5. The second kappa shape index (κ2) is 12.4. The summed E-state index contributed by atoms with van der Waals surface area (Å²) in [6.45, 7) is 4.20. The summed E-state index contributed by atoms with van der Waals surface area (Å²) in [4.78, 5) is 28.6. The van der Waals surface area contributed by atoms with Gasteiger partial charge in [0.05, 0.1) is 33.6 Å². The first kappa shape index (κ1) is 28.9. The van der Waals surface area contributed by atoms with Gasteiger partial charge in [0.25, 0.3) is 11.2 Å². The van der Waals surface area contributed by atoms with E-state index in [1.165, 1.54) is 23.9 Å². The van der Waals surface area contributed by atoms with E-state index < -0.39 is 4.92 Å². The van der Waals surface area contributed by atoms with E-state index >= 15 is 0 Å². The topological polar surface area (TPSA) is 109 Å². The van der Waals surface area contributed by atoms with Gasteiger partial charge >= 0.3 is 0 Å². The molecule has 0 aliphatic rings. The number of aromatic nitrogens is 2. The van der Waals surface area contributed by atoms with Crippen LogP contribution in [0.1, 0.15) is 43.1 Å². The SMILES string of the molecule is CC[C@H](C)c1nc2ccc(Br)cc2c(=O)n1N=Cc1cc(OC)c(OCc2ccc([N+](=O)[O-])cc2)c(Br)c1Br. The zero-order chi connectivity index (χ0) is 28.3. The van der Waals surface area contributed by atoms with Crippen molar-refractivity contribution in [2.45, 2.75) is 32.8 Å². The molecule has 0 fully saturated rings. The monoisotopic (exact) mass is 720 g/mol. The van der Waals surface area contributed by atoms with E-state index in [1.54, 1.807) is 30.5 Å². The Balaban J connectivity index is 1.70. The van der Waals surface area contributed by atoms with Crippen LogP contribution in [0.15, 0.2) is 71.8 Å². The predicted octanol–water partition coefficient (Wildman–Crippen LogP) is 7.58. The van der Waals surface area contributed by atoms with E-state index in [0.717, 1.165) is 16.5 Å². The van der Waals surface area contributed by atoms with Crippen LogP contribution in [0.2, 0.25) is 0 Å². The number of rotatable bonds is 9. The summed E-state index contributed by atoms with van der Waals surface area (Å²) in [6, 6.07) is 13.3. The van der Waals surface area contributed by atoms with E-state index in [2.05, 4.69) is 52.9 Å². The van der Waals surface area contributed by atoms with E-state index in [4.69, 9.17) is 14.5 Å². The highest BCUT2D eigenvalue weighted by Gasteiger charge is 2.19. The number of methoxy groups -OCH3 is 1. The molecule has 4 aromatic rings. The third-order valence-corrected chi connectivity index (χ3v) is 8.74. The van der Waals surface area contributed by atoms with Crippen molar-refractivity contribution < 1.29 is 14.4 Å². The van der Waals surface area contributed by atoms with Crippen LogP contribution in [0, 0.1) is 10.1 Å². The Hall–Kier alpha value is -3.09. The highest BCUT2D eigenvalue weighted by atomic mass is 79.9. The van der Waals surface area contributed by atoms with Crippen molar-refractivity contribution in [1.29, 1.82) is 0 Å². The van der Waals surface area contributed by atoms with Gasteiger partial charge in [0.1, 0.15) is 12.4 Å². The van der Waals surface area contributed by atoms with Crippen LogP contribution < -0.4 is 15.0 Å². The Kier molecular flexibility index (Phi) is 9.19. The zero-order valence-corrected chi connectivity index (χ0v) is 25.9. The van der Waals surface area contributed by atoms with Crippen LogP contribution in [0.4, 0.5) is 5.69 Å². The number of nitrogens with zero attached hydrogens (tertiary/aromatic N) is 4. The van der Waals surface area contributed by atoms with Gasteiger partial charge in [-0.1, -0.05) is 29.8 Å². The third kappa shape index (κ3) is 6.23. The van der Waals surface area contributed by atoms with E-state index in [1.807, 2.05) is 26.0 Å². The van der Waals surface area contributed by atoms with Crippen molar-refractivity contribution in [2.75, 3.05) is 7.11 Å². The van der Waals surface area contributed by atoms with E-state index in [0.29, 0.717) is 42.7 Å². The molecule has 0 saturated heterocycles. The van der Waals surface area contributed by atoms with Gasteiger partial charge in [-0.25, -0.2) is 4.98 Å². The van der Waals surface area contributed by atoms with E-state index in [9.17, 15) is 14.9 Å². The third-order valence-electron chi connectivity index (χ3n) is 6.10. The number of hydrogen-bond donors (Lipinski definition) is 0. The van der Waals surface area contributed by atoms with Crippen molar-refractivity contribution in [2.24, 2.45) is 5.10 Å². The summed E-state index contributed by atoms with van der Waals surface area (Å²) in [7, 11) is 1.52. The summed E-state index contributed by atoms with van der Waals surface area (Å²) < 4.78 is 14.9. The summed E-state index contributed by atoms with van der Waals surface area (Å²) in [5.41, 5.74) is 1.75. The Morgan fingerprint density at radius 2 is 1.85 bits per heavy atom. The molecule has 4 rings (SSSR count). The minimum absolute atomic E-state index is 0.00260. The molecule has 3 aromatic carbocycles. The summed E-state index contributed by atoms with van der Waals surface area (Å²) in [6.07, 6.45) is 2.35. The molecule has 12 heteroatoms. The average Bonchev–Trinajstić information content (AvgIpc) is 2.93. The fourth-order valence-electron chi connectivity index (χ4n) is 3.75. The van der Waals surface area contributed by atoms with Gasteiger partial charge < -0.3 is 9.47 Å². The number of nitro groups is 1. The van der Waals surface area contributed by atoms with Crippen molar-refractivity contribution >= 4 is 70.6 Å². The van der Waals surface area contributed by atoms with Gasteiger partial charge in [-0.2, -0.15) is 9.78 Å². The number of non-ortho nitro benzene ring substituents is 1. The Morgan fingerprint density at radius 1 is 1.13 bits per heavy atom. The van der Waals surface area contributed by atoms with Gasteiger partial charge in [0.15, 0.2) is 11.5 Å². The zero-order valence-electron chi connectivity index (χ0n) is 21.2. The lowest BCUT2D eigenvalue weighted by molar-refractivity contribution is -0.384. The number of halogens is 3. The maximum atomic E-state index is 13.4.